The summed E-state index contributed by atoms with van der Waals surface area (Å²) in [7, 11) is 0. The lowest BCUT2D eigenvalue weighted by Crippen LogP contribution is -2.10. The molecule has 1 aliphatic rings. The molecule has 1 N–H and O–H groups in total. The van der Waals surface area contributed by atoms with Gasteiger partial charge in [-0.2, -0.15) is 0 Å². The van der Waals surface area contributed by atoms with Gasteiger partial charge in [0.15, 0.2) is 0 Å². The minimum Gasteiger partial charge on any atom is -0.463 e. The molecule has 0 aromatic heterocycles. The minimum absolute atomic E-state index is 0.00672. The van der Waals surface area contributed by atoms with E-state index in [1.54, 1.807) is 6.92 Å². The number of hydrogen-bond acceptors (Lipinski definition) is 4. The first-order valence-electron chi connectivity index (χ1n) is 12.2. The number of carbonyl (C=O) groups excluding carboxylic acids is 2. The molecule has 1 atom stereocenters. The minimum atomic E-state index is -0.198. The standard InChI is InChI=1S/C13H24O.C12H24O3/c1-2-3-4-9-13(14)11-10-12-7-5-6-8-12;1-10(2)15-12(14)9-7-5-4-6-8-11(3)13/h12H,2-11H2,1H3;10-11,13H,4-9H2,1-3H3. The number of aliphatic hydroxyl groups excluding tert-OH is 1. The van der Waals surface area contributed by atoms with Crippen molar-refractivity contribution < 1.29 is 19.4 Å². The molecular formula is C25H48O4. The SMILES string of the molecule is CC(O)CCCCCCC(=O)OC(C)C.CCCCCC(=O)CCC1CCCC1. The summed E-state index contributed by atoms with van der Waals surface area (Å²) in [5.74, 6) is 1.29. The Balaban J connectivity index is 0.000000541. The van der Waals surface area contributed by atoms with E-state index < -0.39 is 0 Å². The Morgan fingerprint density at radius 1 is 0.897 bits per heavy atom. The highest BCUT2D eigenvalue weighted by Gasteiger charge is 2.15. The molecule has 0 spiro atoms. The molecule has 0 aromatic carbocycles. The molecule has 1 unspecified atom stereocenters. The van der Waals surface area contributed by atoms with Gasteiger partial charge in [-0.3, -0.25) is 9.59 Å². The maximum atomic E-state index is 11.5. The summed E-state index contributed by atoms with van der Waals surface area (Å²) in [6, 6.07) is 0. The van der Waals surface area contributed by atoms with E-state index in [-0.39, 0.29) is 18.2 Å². The normalized spacial score (nSPS) is 15.1. The third-order valence-electron chi connectivity index (χ3n) is 5.49. The lowest BCUT2D eigenvalue weighted by atomic mass is 9.98. The Kier molecular flexibility index (Phi) is 18.5. The van der Waals surface area contributed by atoms with Crippen LogP contribution < -0.4 is 0 Å². The summed E-state index contributed by atoms with van der Waals surface area (Å²) < 4.78 is 5.02. The Morgan fingerprint density at radius 3 is 2.10 bits per heavy atom. The molecule has 0 bridgehead atoms. The lowest BCUT2D eigenvalue weighted by molar-refractivity contribution is -0.147. The van der Waals surface area contributed by atoms with E-state index in [2.05, 4.69) is 6.92 Å². The Hall–Kier alpha value is -0.900. The fraction of sp³-hybridized carbons (Fsp3) is 0.920. The van der Waals surface area contributed by atoms with Gasteiger partial charge in [0, 0.05) is 19.3 Å². The van der Waals surface area contributed by atoms with E-state index in [1.165, 1.54) is 44.9 Å². The van der Waals surface area contributed by atoms with Crippen LogP contribution in [0.4, 0.5) is 0 Å². The quantitative estimate of drug-likeness (QED) is 0.238. The van der Waals surface area contributed by atoms with Crippen LogP contribution in [0.5, 0.6) is 0 Å². The van der Waals surface area contributed by atoms with Crippen LogP contribution in [0, 0.1) is 5.92 Å². The average molecular weight is 413 g/mol. The zero-order valence-corrected chi connectivity index (χ0v) is 19.7. The van der Waals surface area contributed by atoms with Crippen molar-refractivity contribution in [2.24, 2.45) is 5.92 Å². The number of carbonyl (C=O) groups is 2. The lowest BCUT2D eigenvalue weighted by Gasteiger charge is -2.07. The predicted molar refractivity (Wildman–Crippen MR) is 121 cm³/mol. The van der Waals surface area contributed by atoms with Crippen LogP contribution in [-0.2, 0) is 14.3 Å². The van der Waals surface area contributed by atoms with Crippen LogP contribution in [-0.4, -0.2) is 29.1 Å². The molecule has 29 heavy (non-hydrogen) atoms. The highest BCUT2D eigenvalue weighted by molar-refractivity contribution is 5.78. The number of ketones is 1. The molecule has 4 nitrogen and oxygen atoms in total. The first kappa shape index (κ1) is 28.1. The Labute approximate surface area is 180 Å². The molecule has 1 saturated carbocycles. The monoisotopic (exact) mass is 412 g/mol. The zero-order valence-electron chi connectivity index (χ0n) is 19.7. The average Bonchev–Trinajstić information content (AvgIpc) is 3.16. The van der Waals surface area contributed by atoms with Crippen LogP contribution in [0.3, 0.4) is 0 Å². The van der Waals surface area contributed by atoms with Gasteiger partial charge in [0.25, 0.3) is 0 Å². The van der Waals surface area contributed by atoms with Crippen molar-refractivity contribution in [3.63, 3.8) is 0 Å². The van der Waals surface area contributed by atoms with E-state index in [9.17, 15) is 9.59 Å². The molecule has 0 aliphatic heterocycles. The molecule has 172 valence electrons. The van der Waals surface area contributed by atoms with Crippen molar-refractivity contribution in [3.05, 3.63) is 0 Å². The molecule has 4 heteroatoms. The number of rotatable bonds is 15. The van der Waals surface area contributed by atoms with Gasteiger partial charge in [0.1, 0.15) is 5.78 Å². The van der Waals surface area contributed by atoms with Gasteiger partial charge in [-0.25, -0.2) is 0 Å². The van der Waals surface area contributed by atoms with Crippen LogP contribution in [0.25, 0.3) is 0 Å². The summed E-state index contributed by atoms with van der Waals surface area (Å²) in [6.07, 6.45) is 17.2. The van der Waals surface area contributed by atoms with Crippen molar-refractivity contribution in [3.8, 4) is 0 Å². The second kappa shape index (κ2) is 19.1. The summed E-state index contributed by atoms with van der Waals surface area (Å²) in [6.45, 7) is 7.71. The molecule has 1 rings (SSSR count). The maximum Gasteiger partial charge on any atom is 0.306 e. The molecule has 0 heterocycles. The third kappa shape index (κ3) is 20.2. The Morgan fingerprint density at radius 2 is 1.52 bits per heavy atom. The van der Waals surface area contributed by atoms with Gasteiger partial charge < -0.3 is 9.84 Å². The smallest absolute Gasteiger partial charge is 0.306 e. The van der Waals surface area contributed by atoms with Gasteiger partial charge in [0.2, 0.25) is 0 Å². The largest absolute Gasteiger partial charge is 0.463 e. The third-order valence-corrected chi connectivity index (χ3v) is 5.49. The van der Waals surface area contributed by atoms with E-state index in [0.29, 0.717) is 12.2 Å². The van der Waals surface area contributed by atoms with E-state index in [0.717, 1.165) is 57.3 Å². The van der Waals surface area contributed by atoms with Crippen molar-refractivity contribution >= 4 is 11.8 Å². The molecule has 1 fully saturated rings. The van der Waals surface area contributed by atoms with Gasteiger partial charge >= 0.3 is 5.97 Å². The second-order valence-corrected chi connectivity index (χ2v) is 9.03. The van der Waals surface area contributed by atoms with Gasteiger partial charge in [0.05, 0.1) is 12.2 Å². The first-order chi connectivity index (χ1) is 13.8. The molecule has 0 aromatic rings. The number of esters is 1. The topological polar surface area (TPSA) is 63.6 Å². The Bertz CT molecular complexity index is 398. The molecule has 0 saturated heterocycles. The molecular weight excluding hydrogens is 364 g/mol. The van der Waals surface area contributed by atoms with Gasteiger partial charge in [-0.05, 0) is 52.4 Å². The highest BCUT2D eigenvalue weighted by Crippen LogP contribution is 2.28. The van der Waals surface area contributed by atoms with E-state index >= 15 is 0 Å². The number of Topliss-reactive ketones (excluding diaryl/α,β-unsaturated/α-hetero) is 1. The van der Waals surface area contributed by atoms with Gasteiger partial charge in [-0.1, -0.05) is 64.7 Å². The van der Waals surface area contributed by atoms with Crippen LogP contribution >= 0.6 is 0 Å². The van der Waals surface area contributed by atoms with E-state index in [4.69, 9.17) is 9.84 Å². The van der Waals surface area contributed by atoms with Crippen LogP contribution in [0.15, 0.2) is 0 Å². The van der Waals surface area contributed by atoms with Gasteiger partial charge in [-0.15, -0.1) is 0 Å². The number of aliphatic hydroxyl groups is 1. The fourth-order valence-corrected chi connectivity index (χ4v) is 3.75. The van der Waals surface area contributed by atoms with Crippen molar-refractivity contribution in [1.29, 1.82) is 0 Å². The van der Waals surface area contributed by atoms with Crippen LogP contribution in [0.2, 0.25) is 0 Å². The summed E-state index contributed by atoms with van der Waals surface area (Å²) in [4.78, 5) is 22.6. The number of ether oxygens (including phenoxy) is 1. The molecule has 0 amide bonds. The summed E-state index contributed by atoms with van der Waals surface area (Å²) in [5.41, 5.74) is 0. The fourth-order valence-electron chi connectivity index (χ4n) is 3.75. The van der Waals surface area contributed by atoms with Crippen molar-refractivity contribution in [2.45, 2.75) is 143 Å². The highest BCUT2D eigenvalue weighted by atomic mass is 16.5. The first-order valence-corrected chi connectivity index (χ1v) is 12.2. The van der Waals surface area contributed by atoms with Crippen molar-refractivity contribution in [1.82, 2.24) is 0 Å². The zero-order chi connectivity index (χ0) is 21.9. The maximum absolute atomic E-state index is 11.5. The predicted octanol–water partition coefficient (Wildman–Crippen LogP) is 6.77. The number of hydrogen-bond donors (Lipinski definition) is 1. The second-order valence-electron chi connectivity index (χ2n) is 9.03. The number of unbranched alkanes of at least 4 members (excludes halogenated alkanes) is 5. The van der Waals surface area contributed by atoms with E-state index in [1.807, 2.05) is 13.8 Å². The summed E-state index contributed by atoms with van der Waals surface area (Å²) >= 11 is 0. The van der Waals surface area contributed by atoms with Crippen molar-refractivity contribution in [2.75, 3.05) is 0 Å². The summed E-state index contributed by atoms with van der Waals surface area (Å²) in [5, 5.41) is 9.02. The van der Waals surface area contributed by atoms with Crippen LogP contribution in [0.1, 0.15) is 130 Å². The molecule has 0 radical (unpaired) electrons. The molecule has 1 aliphatic carbocycles.